The Balaban J connectivity index is 2.07. The zero-order valence-electron chi connectivity index (χ0n) is 8.23. The fourth-order valence-electron chi connectivity index (χ4n) is 1.81. The number of aromatic nitrogens is 3. The number of hydrogen-bond acceptors (Lipinski definition) is 3. The van der Waals surface area contributed by atoms with E-state index in [0.717, 1.165) is 23.2 Å². The highest BCUT2D eigenvalue weighted by atomic mass is 32.2. The highest BCUT2D eigenvalue weighted by Crippen LogP contribution is 2.26. The molecule has 1 aliphatic rings. The van der Waals surface area contributed by atoms with Crippen molar-refractivity contribution in [2.75, 3.05) is 11.5 Å². The first kappa shape index (κ1) is 8.97. The van der Waals surface area contributed by atoms with E-state index in [1.54, 1.807) is 6.33 Å². The Kier molecular flexibility index (Phi) is 2.21. The fourth-order valence-corrected chi connectivity index (χ4v) is 2.66. The molecular weight excluding hydrogens is 206 g/mol. The Morgan fingerprint density at radius 3 is 3.20 bits per heavy atom. The van der Waals surface area contributed by atoms with Crippen molar-refractivity contribution in [3.05, 3.63) is 30.4 Å². The molecule has 76 valence electrons. The molecule has 0 fully saturated rings. The van der Waals surface area contributed by atoms with Gasteiger partial charge in [0.2, 0.25) is 0 Å². The van der Waals surface area contributed by atoms with Gasteiger partial charge in [-0.3, -0.25) is 0 Å². The monoisotopic (exact) mass is 217 g/mol. The van der Waals surface area contributed by atoms with Crippen LogP contribution < -0.4 is 0 Å². The van der Waals surface area contributed by atoms with E-state index < -0.39 is 0 Å². The van der Waals surface area contributed by atoms with Gasteiger partial charge in [-0.1, -0.05) is 6.08 Å². The third kappa shape index (κ3) is 1.65. The molecule has 0 amide bonds. The smallest absolute Gasteiger partial charge is 0.141 e. The summed E-state index contributed by atoms with van der Waals surface area (Å²) < 4.78 is 0. The number of fused-ring (bicyclic) bond motifs is 1. The van der Waals surface area contributed by atoms with Gasteiger partial charge < -0.3 is 4.98 Å². The summed E-state index contributed by atoms with van der Waals surface area (Å²) in [5, 5.41) is 1.09. The van der Waals surface area contributed by atoms with Gasteiger partial charge in [0.15, 0.2) is 0 Å². The molecule has 2 aromatic heterocycles. The Labute approximate surface area is 92.0 Å². The quantitative estimate of drug-likeness (QED) is 0.798. The van der Waals surface area contributed by atoms with Gasteiger partial charge in [0.05, 0.1) is 0 Å². The molecule has 0 atom stereocenters. The number of nitrogens with zero attached hydrogens (tertiary/aromatic N) is 2. The van der Waals surface area contributed by atoms with E-state index in [1.165, 1.54) is 17.0 Å². The largest absolute Gasteiger partial charge is 0.339 e. The first-order valence-corrected chi connectivity index (χ1v) is 6.15. The summed E-state index contributed by atoms with van der Waals surface area (Å²) in [6, 6.07) is 2.14. The summed E-state index contributed by atoms with van der Waals surface area (Å²) in [4.78, 5) is 11.6. The Hall–Kier alpha value is -1.29. The zero-order chi connectivity index (χ0) is 10.1. The van der Waals surface area contributed by atoms with Crippen LogP contribution >= 0.6 is 11.8 Å². The van der Waals surface area contributed by atoms with E-state index in [1.807, 2.05) is 18.0 Å². The van der Waals surface area contributed by atoms with E-state index in [9.17, 15) is 0 Å². The molecule has 3 rings (SSSR count). The van der Waals surface area contributed by atoms with Crippen molar-refractivity contribution in [2.24, 2.45) is 0 Å². The molecule has 0 aliphatic carbocycles. The third-order valence-corrected chi connectivity index (χ3v) is 3.50. The average molecular weight is 217 g/mol. The van der Waals surface area contributed by atoms with Gasteiger partial charge in [-0.2, -0.15) is 11.8 Å². The third-order valence-electron chi connectivity index (χ3n) is 2.60. The lowest BCUT2D eigenvalue weighted by Crippen LogP contribution is -1.95. The second kappa shape index (κ2) is 3.70. The number of thioether (sulfide) groups is 1. The van der Waals surface area contributed by atoms with E-state index in [0.29, 0.717) is 0 Å². The van der Waals surface area contributed by atoms with Gasteiger partial charge in [0.25, 0.3) is 0 Å². The summed E-state index contributed by atoms with van der Waals surface area (Å²) in [6.07, 6.45) is 6.87. The Morgan fingerprint density at radius 2 is 2.40 bits per heavy atom. The van der Waals surface area contributed by atoms with Crippen molar-refractivity contribution in [2.45, 2.75) is 6.42 Å². The van der Waals surface area contributed by atoms with Gasteiger partial charge in [-0.25, -0.2) is 9.97 Å². The lowest BCUT2D eigenvalue weighted by molar-refractivity contribution is 1.17. The molecule has 0 spiro atoms. The van der Waals surface area contributed by atoms with Gasteiger partial charge in [-0.15, -0.1) is 0 Å². The minimum atomic E-state index is 0.930. The molecular formula is C11H11N3S. The maximum absolute atomic E-state index is 4.20. The molecule has 3 heterocycles. The van der Waals surface area contributed by atoms with Crippen LogP contribution in [0.4, 0.5) is 0 Å². The summed E-state index contributed by atoms with van der Waals surface area (Å²) in [7, 11) is 0. The molecule has 1 N–H and O–H groups in total. The van der Waals surface area contributed by atoms with Crippen molar-refractivity contribution in [3.8, 4) is 0 Å². The molecule has 2 aromatic rings. The van der Waals surface area contributed by atoms with Gasteiger partial charge in [0, 0.05) is 23.0 Å². The second-order valence-electron chi connectivity index (χ2n) is 3.56. The molecule has 0 radical (unpaired) electrons. The maximum Gasteiger partial charge on any atom is 0.141 e. The standard InChI is InChI=1S/C11H11N3S/c1-3-15-4-2-8(1)10-5-9-6-12-7-13-11(9)14-10/h1,5-7H,2-4H2,(H,12,13,14). The SMILES string of the molecule is C1=C(c2cc3cncnc3[nH]2)CCSC1. The van der Waals surface area contributed by atoms with Crippen LogP contribution in [0.25, 0.3) is 16.6 Å². The Morgan fingerprint density at radius 1 is 1.40 bits per heavy atom. The van der Waals surface area contributed by atoms with Crippen LogP contribution in [0.5, 0.6) is 0 Å². The molecule has 4 heteroatoms. The fraction of sp³-hybridized carbons (Fsp3) is 0.273. The topological polar surface area (TPSA) is 41.6 Å². The van der Waals surface area contributed by atoms with Crippen molar-refractivity contribution in [1.82, 2.24) is 15.0 Å². The van der Waals surface area contributed by atoms with E-state index in [-0.39, 0.29) is 0 Å². The predicted octanol–water partition coefficient (Wildman–Crippen LogP) is 2.48. The van der Waals surface area contributed by atoms with Crippen molar-refractivity contribution in [1.29, 1.82) is 0 Å². The Bertz CT molecular complexity index is 482. The summed E-state index contributed by atoms with van der Waals surface area (Å²) in [5.74, 6) is 2.34. The number of H-pyrrole nitrogens is 1. The van der Waals surface area contributed by atoms with E-state index >= 15 is 0 Å². The number of aromatic amines is 1. The molecule has 0 aromatic carbocycles. The molecule has 1 aliphatic heterocycles. The first-order valence-electron chi connectivity index (χ1n) is 4.99. The number of allylic oxidation sites excluding steroid dienone is 1. The lowest BCUT2D eigenvalue weighted by Gasteiger charge is -2.10. The van der Waals surface area contributed by atoms with Crippen LogP contribution in [-0.2, 0) is 0 Å². The summed E-state index contributed by atoms with van der Waals surface area (Å²) in [5.41, 5.74) is 3.54. The predicted molar refractivity (Wildman–Crippen MR) is 63.8 cm³/mol. The van der Waals surface area contributed by atoms with Gasteiger partial charge in [-0.05, 0) is 23.8 Å². The first-order chi connectivity index (χ1) is 7.43. The van der Waals surface area contributed by atoms with Crippen molar-refractivity contribution < 1.29 is 0 Å². The molecule has 0 saturated carbocycles. The number of hydrogen-bond donors (Lipinski definition) is 1. The lowest BCUT2D eigenvalue weighted by atomic mass is 10.1. The van der Waals surface area contributed by atoms with Crippen LogP contribution in [0.1, 0.15) is 12.1 Å². The van der Waals surface area contributed by atoms with E-state index in [4.69, 9.17) is 0 Å². The van der Waals surface area contributed by atoms with Crippen LogP contribution in [0.15, 0.2) is 24.7 Å². The van der Waals surface area contributed by atoms with Crippen LogP contribution in [-0.4, -0.2) is 26.5 Å². The van der Waals surface area contributed by atoms with Crippen molar-refractivity contribution >= 4 is 28.4 Å². The maximum atomic E-state index is 4.20. The normalized spacial score (nSPS) is 16.7. The van der Waals surface area contributed by atoms with E-state index in [2.05, 4.69) is 27.1 Å². The van der Waals surface area contributed by atoms with Gasteiger partial charge in [0.1, 0.15) is 12.0 Å². The van der Waals surface area contributed by atoms with Gasteiger partial charge >= 0.3 is 0 Å². The zero-order valence-corrected chi connectivity index (χ0v) is 9.05. The number of nitrogens with one attached hydrogen (secondary N) is 1. The highest BCUT2D eigenvalue weighted by Gasteiger charge is 2.09. The van der Waals surface area contributed by atoms with Crippen LogP contribution in [0.2, 0.25) is 0 Å². The molecule has 0 saturated heterocycles. The summed E-state index contributed by atoms with van der Waals surface area (Å²) >= 11 is 1.98. The average Bonchev–Trinajstić information content (AvgIpc) is 2.74. The molecule has 3 nitrogen and oxygen atoms in total. The minimum absolute atomic E-state index is 0.930. The summed E-state index contributed by atoms with van der Waals surface area (Å²) in [6.45, 7) is 0. The highest BCUT2D eigenvalue weighted by molar-refractivity contribution is 7.99. The molecule has 0 unspecified atom stereocenters. The molecule has 15 heavy (non-hydrogen) atoms. The minimum Gasteiger partial charge on any atom is -0.339 e. The number of rotatable bonds is 1. The van der Waals surface area contributed by atoms with Crippen LogP contribution in [0.3, 0.4) is 0 Å². The molecule has 0 bridgehead atoms. The van der Waals surface area contributed by atoms with Crippen molar-refractivity contribution in [3.63, 3.8) is 0 Å². The second-order valence-corrected chi connectivity index (χ2v) is 4.71. The van der Waals surface area contributed by atoms with Crippen LogP contribution in [0, 0.1) is 0 Å².